The molecule has 0 unspecified atom stereocenters. The number of hydrogen-bond acceptors (Lipinski definition) is 5. The number of likely N-dealkylation sites (N-methyl/N-ethyl adjacent to an activating group) is 1. The van der Waals surface area contributed by atoms with Gasteiger partial charge in [0.2, 0.25) is 0 Å². The van der Waals surface area contributed by atoms with E-state index in [0.717, 1.165) is 49.3 Å². The number of amides is 1. The molecule has 1 N–H and O–H groups in total. The van der Waals surface area contributed by atoms with Gasteiger partial charge in [-0.2, -0.15) is 0 Å². The second-order valence-corrected chi connectivity index (χ2v) is 7.35. The third kappa shape index (κ3) is 5.34. The number of nitrogens with one attached hydrogen (secondary N) is 1. The lowest BCUT2D eigenvalue weighted by molar-refractivity contribution is 0.0951. The molecule has 0 radical (unpaired) electrons. The summed E-state index contributed by atoms with van der Waals surface area (Å²) in [4.78, 5) is 23.4. The summed E-state index contributed by atoms with van der Waals surface area (Å²) in [6, 6.07) is 11.6. The van der Waals surface area contributed by atoms with Gasteiger partial charge in [0.15, 0.2) is 0 Å². The molecule has 0 saturated carbocycles. The third-order valence-electron chi connectivity index (χ3n) is 4.63. The van der Waals surface area contributed by atoms with Gasteiger partial charge in [-0.1, -0.05) is 17.7 Å². The van der Waals surface area contributed by atoms with E-state index in [9.17, 15) is 4.79 Å². The van der Waals surface area contributed by atoms with E-state index < -0.39 is 0 Å². The molecule has 0 aliphatic carbocycles. The number of anilines is 2. The minimum absolute atomic E-state index is 0.0573. The molecule has 0 spiro atoms. The number of piperazine rings is 1. The van der Waals surface area contributed by atoms with Crippen LogP contribution in [-0.4, -0.2) is 69.2 Å². The number of carbonyl (C=O) groups excluding carboxylic acids is 1. The predicted octanol–water partition coefficient (Wildman–Crippen LogP) is 2.35. The van der Waals surface area contributed by atoms with E-state index in [4.69, 9.17) is 11.6 Å². The quantitative estimate of drug-likeness (QED) is 0.824. The number of benzene rings is 1. The molecule has 2 aromatic rings. The predicted molar refractivity (Wildman–Crippen MR) is 111 cm³/mol. The van der Waals surface area contributed by atoms with Crippen LogP contribution in [0.1, 0.15) is 10.4 Å². The van der Waals surface area contributed by atoms with Crippen molar-refractivity contribution in [3.05, 3.63) is 53.2 Å². The van der Waals surface area contributed by atoms with Crippen LogP contribution < -0.4 is 15.1 Å². The SMILES string of the molecule is CN(C)CCNC(=O)c1ccnc(N2CCN(c3cccc(Cl)c3)CC2)c1. The minimum Gasteiger partial charge on any atom is -0.368 e. The van der Waals surface area contributed by atoms with Crippen LogP contribution in [0.25, 0.3) is 0 Å². The van der Waals surface area contributed by atoms with Crippen molar-refractivity contribution >= 4 is 29.0 Å². The minimum atomic E-state index is -0.0573. The van der Waals surface area contributed by atoms with Gasteiger partial charge >= 0.3 is 0 Å². The zero-order chi connectivity index (χ0) is 19.2. The monoisotopic (exact) mass is 387 g/mol. The smallest absolute Gasteiger partial charge is 0.251 e. The van der Waals surface area contributed by atoms with Gasteiger partial charge in [0, 0.05) is 61.7 Å². The fraction of sp³-hybridized carbons (Fsp3) is 0.400. The first-order valence-corrected chi connectivity index (χ1v) is 9.55. The summed E-state index contributed by atoms with van der Waals surface area (Å²) >= 11 is 6.10. The molecular formula is C20H26ClN5O. The van der Waals surface area contributed by atoms with Crippen LogP contribution in [0.2, 0.25) is 5.02 Å². The number of halogens is 1. The average molecular weight is 388 g/mol. The van der Waals surface area contributed by atoms with Gasteiger partial charge in [-0.25, -0.2) is 4.98 Å². The Labute approximate surface area is 165 Å². The summed E-state index contributed by atoms with van der Waals surface area (Å²) in [5, 5.41) is 3.70. The first-order chi connectivity index (χ1) is 13.0. The number of nitrogens with zero attached hydrogens (tertiary/aromatic N) is 4. The zero-order valence-electron chi connectivity index (χ0n) is 15.9. The number of pyridine rings is 1. The number of hydrogen-bond donors (Lipinski definition) is 1. The van der Waals surface area contributed by atoms with E-state index in [1.54, 1.807) is 12.3 Å². The summed E-state index contributed by atoms with van der Waals surface area (Å²) in [6.07, 6.45) is 1.71. The molecule has 1 fully saturated rings. The number of aromatic nitrogens is 1. The molecule has 1 aliphatic heterocycles. The van der Waals surface area contributed by atoms with Crippen molar-refractivity contribution in [2.24, 2.45) is 0 Å². The van der Waals surface area contributed by atoms with Crippen LogP contribution in [0.4, 0.5) is 11.5 Å². The molecule has 1 aromatic carbocycles. The normalized spacial score (nSPS) is 14.5. The Morgan fingerprint density at radius 2 is 1.89 bits per heavy atom. The van der Waals surface area contributed by atoms with Gasteiger partial charge in [-0.05, 0) is 44.4 Å². The van der Waals surface area contributed by atoms with Gasteiger partial charge in [-0.3, -0.25) is 4.79 Å². The van der Waals surface area contributed by atoms with E-state index in [0.29, 0.717) is 12.1 Å². The first kappa shape index (κ1) is 19.5. The molecule has 6 nitrogen and oxygen atoms in total. The molecule has 0 atom stereocenters. The fourth-order valence-corrected chi connectivity index (χ4v) is 3.28. The van der Waals surface area contributed by atoms with Crippen molar-refractivity contribution in [2.75, 3.05) is 63.2 Å². The van der Waals surface area contributed by atoms with E-state index >= 15 is 0 Å². The van der Waals surface area contributed by atoms with Crippen LogP contribution in [0.5, 0.6) is 0 Å². The highest BCUT2D eigenvalue weighted by Crippen LogP contribution is 2.22. The highest BCUT2D eigenvalue weighted by Gasteiger charge is 2.19. The topological polar surface area (TPSA) is 51.7 Å². The lowest BCUT2D eigenvalue weighted by Gasteiger charge is -2.36. The molecule has 1 aromatic heterocycles. The van der Waals surface area contributed by atoms with E-state index in [1.807, 2.05) is 43.3 Å². The summed E-state index contributed by atoms with van der Waals surface area (Å²) in [5.74, 6) is 0.791. The second-order valence-electron chi connectivity index (χ2n) is 6.92. The van der Waals surface area contributed by atoms with Crippen LogP contribution in [0, 0.1) is 0 Å². The molecule has 1 aliphatic rings. The van der Waals surface area contributed by atoms with Crippen LogP contribution in [0.3, 0.4) is 0 Å². The second kappa shape index (κ2) is 9.06. The van der Waals surface area contributed by atoms with Gasteiger partial charge in [0.25, 0.3) is 5.91 Å². The van der Waals surface area contributed by atoms with Crippen molar-refractivity contribution < 1.29 is 4.79 Å². The number of carbonyl (C=O) groups is 1. The maximum Gasteiger partial charge on any atom is 0.251 e. The first-order valence-electron chi connectivity index (χ1n) is 9.17. The molecule has 3 rings (SSSR count). The Morgan fingerprint density at radius 1 is 1.15 bits per heavy atom. The van der Waals surface area contributed by atoms with Crippen LogP contribution in [-0.2, 0) is 0 Å². The summed E-state index contributed by atoms with van der Waals surface area (Å²) < 4.78 is 0. The molecule has 1 amide bonds. The van der Waals surface area contributed by atoms with Crippen LogP contribution in [0.15, 0.2) is 42.6 Å². The molecule has 7 heteroatoms. The van der Waals surface area contributed by atoms with Gasteiger partial charge in [-0.15, -0.1) is 0 Å². The molecule has 2 heterocycles. The third-order valence-corrected chi connectivity index (χ3v) is 4.86. The Hall–Kier alpha value is -2.31. The van der Waals surface area contributed by atoms with Crippen LogP contribution >= 0.6 is 11.6 Å². The molecule has 144 valence electrons. The van der Waals surface area contributed by atoms with E-state index in [-0.39, 0.29) is 5.91 Å². The Balaban J connectivity index is 1.59. The Bertz CT molecular complexity index is 774. The van der Waals surface area contributed by atoms with Crippen molar-refractivity contribution in [1.29, 1.82) is 0 Å². The number of rotatable bonds is 6. The summed E-state index contributed by atoms with van der Waals surface area (Å²) in [6.45, 7) is 4.93. The fourth-order valence-electron chi connectivity index (χ4n) is 3.09. The average Bonchev–Trinajstić information content (AvgIpc) is 2.68. The van der Waals surface area contributed by atoms with E-state index in [2.05, 4.69) is 26.2 Å². The van der Waals surface area contributed by atoms with Gasteiger partial charge < -0.3 is 20.0 Å². The van der Waals surface area contributed by atoms with Crippen molar-refractivity contribution in [3.63, 3.8) is 0 Å². The molecular weight excluding hydrogens is 362 g/mol. The summed E-state index contributed by atoms with van der Waals surface area (Å²) in [5.41, 5.74) is 1.79. The zero-order valence-corrected chi connectivity index (χ0v) is 16.6. The lowest BCUT2D eigenvalue weighted by atomic mass is 10.2. The van der Waals surface area contributed by atoms with Crippen molar-refractivity contribution in [2.45, 2.75) is 0 Å². The molecule has 0 bridgehead atoms. The molecule has 27 heavy (non-hydrogen) atoms. The Kier molecular flexibility index (Phi) is 6.53. The van der Waals surface area contributed by atoms with Crippen molar-refractivity contribution in [1.82, 2.24) is 15.2 Å². The van der Waals surface area contributed by atoms with E-state index in [1.165, 1.54) is 0 Å². The molecule has 1 saturated heterocycles. The summed E-state index contributed by atoms with van der Waals surface area (Å²) in [7, 11) is 3.97. The maximum atomic E-state index is 12.3. The largest absolute Gasteiger partial charge is 0.368 e. The highest BCUT2D eigenvalue weighted by molar-refractivity contribution is 6.30. The Morgan fingerprint density at radius 3 is 2.59 bits per heavy atom. The van der Waals surface area contributed by atoms with Gasteiger partial charge in [0.05, 0.1) is 0 Å². The standard InChI is InChI=1S/C20H26ClN5O/c1-24(2)9-8-23-20(27)16-6-7-22-19(14-16)26-12-10-25(11-13-26)18-5-3-4-17(21)15-18/h3-7,14-15H,8-13H2,1-2H3,(H,23,27). The highest BCUT2D eigenvalue weighted by atomic mass is 35.5. The van der Waals surface area contributed by atoms with Crippen molar-refractivity contribution in [3.8, 4) is 0 Å². The lowest BCUT2D eigenvalue weighted by Crippen LogP contribution is -2.46. The van der Waals surface area contributed by atoms with Gasteiger partial charge in [0.1, 0.15) is 5.82 Å². The maximum absolute atomic E-state index is 12.3.